The number of thiocarbonyl (C=S) groups is 1. The largest absolute Gasteiger partial charge is 0.508 e. The fourth-order valence-electron chi connectivity index (χ4n) is 3.14. The van der Waals surface area contributed by atoms with E-state index in [-0.39, 0.29) is 22.5 Å². The molecule has 0 aromatic heterocycles. The highest BCUT2D eigenvalue weighted by molar-refractivity contribution is 8.26. The first kappa shape index (κ1) is 24.9. The molecule has 2 amide bonds. The molecule has 1 saturated heterocycles. The Labute approximate surface area is 201 Å². The summed E-state index contributed by atoms with van der Waals surface area (Å²) in [4.78, 5) is 26.8. The lowest BCUT2D eigenvalue weighted by atomic mass is 10.1. The molecule has 8 nitrogen and oxygen atoms in total. The molecule has 0 atom stereocenters. The summed E-state index contributed by atoms with van der Waals surface area (Å²) in [5.41, 5.74) is 1.21. The van der Waals surface area contributed by atoms with E-state index in [1.54, 1.807) is 35.2 Å². The Morgan fingerprint density at radius 3 is 2.55 bits per heavy atom. The number of hydrogen-bond donors (Lipinski definition) is 3. The van der Waals surface area contributed by atoms with Crippen molar-refractivity contribution in [1.29, 1.82) is 0 Å². The number of sulfonamides is 1. The second-order valence-corrected chi connectivity index (χ2v) is 10.6. The number of phenolic OH excluding ortho intramolecular Hbond substituents is 1. The third-order valence-electron chi connectivity index (χ3n) is 4.79. The second-order valence-electron chi connectivity index (χ2n) is 7.36. The molecule has 11 heteroatoms. The molecular formula is C22H23N3O5S3. The Hall–Kier alpha value is -2.73. The van der Waals surface area contributed by atoms with Crippen LogP contribution in [0.2, 0.25) is 0 Å². The zero-order chi connectivity index (χ0) is 24.0. The number of carbonyl (C=O) groups is 2. The lowest BCUT2D eigenvalue weighted by molar-refractivity contribution is -0.122. The van der Waals surface area contributed by atoms with E-state index in [2.05, 4.69) is 5.32 Å². The summed E-state index contributed by atoms with van der Waals surface area (Å²) in [7, 11) is -3.77. The molecule has 1 fully saturated rings. The summed E-state index contributed by atoms with van der Waals surface area (Å²) < 4.78 is 23.0. The van der Waals surface area contributed by atoms with E-state index in [9.17, 15) is 23.1 Å². The zero-order valence-electron chi connectivity index (χ0n) is 17.6. The third kappa shape index (κ3) is 7.13. The van der Waals surface area contributed by atoms with E-state index >= 15 is 0 Å². The lowest BCUT2D eigenvalue weighted by Crippen LogP contribution is -2.29. The van der Waals surface area contributed by atoms with E-state index in [4.69, 9.17) is 17.4 Å². The summed E-state index contributed by atoms with van der Waals surface area (Å²) >= 11 is 6.56. The molecule has 1 aliphatic heterocycles. The van der Waals surface area contributed by atoms with E-state index < -0.39 is 10.0 Å². The van der Waals surface area contributed by atoms with Crippen LogP contribution < -0.4 is 10.5 Å². The summed E-state index contributed by atoms with van der Waals surface area (Å²) in [6.07, 6.45) is 4.07. The lowest BCUT2D eigenvalue weighted by Gasteiger charge is -2.14. The smallest absolute Gasteiger partial charge is 0.266 e. The predicted octanol–water partition coefficient (Wildman–Crippen LogP) is 3.44. The number of benzene rings is 2. The number of unbranched alkanes of at least 4 members (excludes halogenated alkanes) is 2. The molecule has 0 aliphatic carbocycles. The Kier molecular flexibility index (Phi) is 8.25. The van der Waals surface area contributed by atoms with Crippen molar-refractivity contribution >= 4 is 61.9 Å². The van der Waals surface area contributed by atoms with E-state index in [0.717, 1.165) is 12.0 Å². The Bertz CT molecular complexity index is 1190. The maximum Gasteiger partial charge on any atom is 0.266 e. The van der Waals surface area contributed by atoms with Crippen LogP contribution in [0.4, 0.5) is 5.69 Å². The first-order chi connectivity index (χ1) is 15.6. The molecule has 2 aromatic carbocycles. The van der Waals surface area contributed by atoms with E-state index in [1.165, 1.54) is 36.0 Å². The van der Waals surface area contributed by atoms with Gasteiger partial charge in [0.05, 0.1) is 9.80 Å². The van der Waals surface area contributed by atoms with Crippen LogP contribution in [-0.2, 0) is 19.6 Å². The summed E-state index contributed by atoms with van der Waals surface area (Å²) in [6, 6.07) is 12.3. The quantitative estimate of drug-likeness (QED) is 0.270. The standard InChI is InChI=1S/C22H23N3O5S3/c23-33(29,30)18-10-8-16(9-11-18)24-20(27)7-2-1-3-12-25-21(28)19(32-22(25)31)14-15-5-4-6-17(26)13-15/h4-6,8-11,13-14,26H,1-3,7,12H2,(H,24,27)(H2,23,29,30)/b19-14-. The molecule has 0 bridgehead atoms. The molecule has 0 saturated carbocycles. The van der Waals surface area contributed by atoms with Gasteiger partial charge >= 0.3 is 0 Å². The van der Waals surface area contributed by atoms with E-state index in [0.29, 0.717) is 40.7 Å². The van der Waals surface area contributed by atoms with Crippen LogP contribution in [0.5, 0.6) is 5.75 Å². The van der Waals surface area contributed by atoms with Crippen molar-refractivity contribution in [1.82, 2.24) is 4.90 Å². The van der Waals surface area contributed by atoms with Gasteiger partial charge in [-0.1, -0.05) is 42.5 Å². The van der Waals surface area contributed by atoms with Gasteiger partial charge in [0.15, 0.2) is 0 Å². The van der Waals surface area contributed by atoms with Gasteiger partial charge in [-0.3, -0.25) is 14.5 Å². The zero-order valence-corrected chi connectivity index (χ0v) is 20.0. The number of nitrogens with zero attached hydrogens (tertiary/aromatic N) is 1. The van der Waals surface area contributed by atoms with Crippen LogP contribution in [0.15, 0.2) is 58.3 Å². The highest BCUT2D eigenvalue weighted by Crippen LogP contribution is 2.33. The summed E-state index contributed by atoms with van der Waals surface area (Å²) in [5.74, 6) is -0.212. The number of rotatable bonds is 9. The first-order valence-corrected chi connectivity index (χ1v) is 12.9. The number of amides is 2. The van der Waals surface area contributed by atoms with E-state index in [1.807, 2.05) is 0 Å². The van der Waals surface area contributed by atoms with Crippen molar-refractivity contribution in [3.63, 3.8) is 0 Å². The average molecular weight is 506 g/mol. The molecule has 0 radical (unpaired) electrons. The Morgan fingerprint density at radius 2 is 1.88 bits per heavy atom. The van der Waals surface area contributed by atoms with Gasteiger partial charge in [0.1, 0.15) is 10.1 Å². The van der Waals surface area contributed by atoms with Crippen LogP contribution in [0, 0.1) is 0 Å². The number of aromatic hydroxyl groups is 1. The minimum atomic E-state index is -3.77. The number of phenols is 1. The molecule has 1 aliphatic rings. The topological polar surface area (TPSA) is 130 Å². The predicted molar refractivity (Wildman–Crippen MR) is 133 cm³/mol. The van der Waals surface area contributed by atoms with Gasteiger partial charge in [-0.05, 0) is 60.9 Å². The first-order valence-electron chi connectivity index (χ1n) is 10.1. The molecule has 3 rings (SSSR count). The average Bonchev–Trinajstić information content (AvgIpc) is 3.00. The summed E-state index contributed by atoms with van der Waals surface area (Å²) in [5, 5.41) is 17.3. The van der Waals surface area contributed by atoms with Gasteiger partial charge in [0.2, 0.25) is 15.9 Å². The number of anilines is 1. The van der Waals surface area contributed by atoms with Gasteiger partial charge in [-0.15, -0.1) is 0 Å². The van der Waals surface area contributed by atoms with Crippen molar-refractivity contribution in [3.05, 3.63) is 59.0 Å². The van der Waals surface area contributed by atoms with Gasteiger partial charge in [0, 0.05) is 18.7 Å². The van der Waals surface area contributed by atoms with Crippen molar-refractivity contribution in [3.8, 4) is 5.75 Å². The van der Waals surface area contributed by atoms with Gasteiger partial charge in [-0.2, -0.15) is 0 Å². The minimum absolute atomic E-state index is 0.0204. The molecular weight excluding hydrogens is 482 g/mol. The fourth-order valence-corrected chi connectivity index (χ4v) is 4.97. The number of carbonyl (C=O) groups excluding carboxylic acids is 2. The number of nitrogens with two attached hydrogens (primary N) is 1. The number of primary sulfonamides is 1. The number of nitrogens with one attached hydrogen (secondary N) is 1. The van der Waals surface area contributed by atoms with Crippen LogP contribution in [-0.4, -0.2) is 41.1 Å². The van der Waals surface area contributed by atoms with Crippen LogP contribution in [0.1, 0.15) is 31.2 Å². The van der Waals surface area contributed by atoms with Gasteiger partial charge < -0.3 is 10.4 Å². The molecule has 4 N–H and O–H groups in total. The van der Waals surface area contributed by atoms with Gasteiger partial charge in [0.25, 0.3) is 5.91 Å². The Morgan fingerprint density at radius 1 is 1.15 bits per heavy atom. The maximum atomic E-state index is 12.6. The van der Waals surface area contributed by atoms with Crippen LogP contribution in [0.25, 0.3) is 6.08 Å². The number of hydrogen-bond acceptors (Lipinski definition) is 7. The number of thioether (sulfide) groups is 1. The highest BCUT2D eigenvalue weighted by atomic mass is 32.2. The molecule has 0 spiro atoms. The molecule has 2 aromatic rings. The van der Waals surface area contributed by atoms with Crippen molar-refractivity contribution in [2.24, 2.45) is 5.14 Å². The SMILES string of the molecule is NS(=O)(=O)c1ccc(NC(=O)CCCCCN2C(=O)/C(=C/c3cccc(O)c3)SC2=S)cc1. The third-order valence-corrected chi connectivity index (χ3v) is 7.10. The van der Waals surface area contributed by atoms with Crippen LogP contribution in [0.3, 0.4) is 0 Å². The second kappa shape index (κ2) is 10.9. The monoisotopic (exact) mass is 505 g/mol. The minimum Gasteiger partial charge on any atom is -0.508 e. The fraction of sp³-hybridized carbons (Fsp3) is 0.227. The molecule has 0 unspecified atom stereocenters. The Balaban J connectivity index is 1.41. The summed E-state index contributed by atoms with van der Waals surface area (Å²) in [6.45, 7) is 0.471. The molecule has 33 heavy (non-hydrogen) atoms. The highest BCUT2D eigenvalue weighted by Gasteiger charge is 2.31. The van der Waals surface area contributed by atoms with Crippen molar-refractivity contribution < 1.29 is 23.1 Å². The normalized spacial score (nSPS) is 15.3. The maximum absolute atomic E-state index is 12.6. The van der Waals surface area contributed by atoms with Crippen molar-refractivity contribution in [2.75, 3.05) is 11.9 Å². The van der Waals surface area contributed by atoms with Crippen LogP contribution >= 0.6 is 24.0 Å². The van der Waals surface area contributed by atoms with Crippen molar-refractivity contribution in [2.45, 2.75) is 30.6 Å². The molecule has 1 heterocycles. The van der Waals surface area contributed by atoms with Gasteiger partial charge in [-0.25, -0.2) is 13.6 Å². The molecule has 174 valence electrons.